The molecule has 0 bridgehead atoms. The molecule has 2 aromatic rings. The minimum absolute atomic E-state index is 0.0127. The Kier molecular flexibility index (Phi) is 4.73. The van der Waals surface area contributed by atoms with Crippen LogP contribution in [-0.2, 0) is 10.0 Å². The van der Waals surface area contributed by atoms with Gasteiger partial charge in [0, 0.05) is 5.56 Å². The summed E-state index contributed by atoms with van der Waals surface area (Å²) in [6.07, 6.45) is 0. The molecule has 3 N–H and O–H groups in total. The van der Waals surface area contributed by atoms with Gasteiger partial charge in [-0.15, -0.1) is 0 Å². The summed E-state index contributed by atoms with van der Waals surface area (Å²) in [7, 11) is -3.92. The lowest BCUT2D eigenvalue weighted by molar-refractivity contribution is 0.601. The van der Waals surface area contributed by atoms with Gasteiger partial charge in [-0.2, -0.15) is 0 Å². The maximum absolute atomic E-state index is 12.5. The fourth-order valence-electron chi connectivity index (χ4n) is 1.69. The fourth-order valence-corrected chi connectivity index (χ4v) is 3.86. The quantitative estimate of drug-likeness (QED) is 0.819. The third-order valence-electron chi connectivity index (χ3n) is 2.64. The first-order valence-corrected chi connectivity index (χ1v) is 8.33. The molecular weight excluding hydrogens is 351 g/mol. The molecule has 0 spiro atoms. The highest BCUT2D eigenvalue weighted by Gasteiger charge is 2.21. The van der Waals surface area contributed by atoms with Crippen LogP contribution >= 0.6 is 35.4 Å². The van der Waals surface area contributed by atoms with Gasteiger partial charge in [0.1, 0.15) is 4.99 Å². The van der Waals surface area contributed by atoms with Crippen LogP contribution in [0.25, 0.3) is 0 Å². The number of benzene rings is 2. The van der Waals surface area contributed by atoms with Crippen molar-refractivity contribution in [2.24, 2.45) is 5.73 Å². The van der Waals surface area contributed by atoms with Crippen LogP contribution < -0.4 is 10.5 Å². The minimum atomic E-state index is -3.92. The minimum Gasteiger partial charge on any atom is -0.389 e. The van der Waals surface area contributed by atoms with Crippen LogP contribution in [0.2, 0.25) is 10.0 Å². The normalized spacial score (nSPS) is 11.1. The SMILES string of the molecule is NC(=S)c1ccccc1S(=O)(=O)Nc1c(Cl)cccc1Cl. The summed E-state index contributed by atoms with van der Waals surface area (Å²) in [5.74, 6) is 0. The van der Waals surface area contributed by atoms with E-state index in [4.69, 9.17) is 41.2 Å². The zero-order chi connectivity index (χ0) is 15.6. The summed E-state index contributed by atoms with van der Waals surface area (Å²) in [4.78, 5) is -0.0466. The van der Waals surface area contributed by atoms with E-state index in [9.17, 15) is 8.42 Å². The van der Waals surface area contributed by atoms with Crippen LogP contribution in [0.4, 0.5) is 5.69 Å². The number of nitrogens with one attached hydrogen (secondary N) is 1. The highest BCUT2D eigenvalue weighted by Crippen LogP contribution is 2.32. The van der Waals surface area contributed by atoms with Gasteiger partial charge in [0.15, 0.2) is 0 Å². The van der Waals surface area contributed by atoms with Gasteiger partial charge < -0.3 is 5.73 Å². The summed E-state index contributed by atoms with van der Waals surface area (Å²) in [6, 6.07) is 10.8. The molecule has 0 radical (unpaired) electrons. The van der Waals surface area contributed by atoms with Crippen LogP contribution in [0.15, 0.2) is 47.4 Å². The first-order chi connectivity index (χ1) is 9.83. The molecule has 0 heterocycles. The molecule has 0 aliphatic heterocycles. The average Bonchev–Trinajstić information content (AvgIpc) is 2.43. The molecule has 0 aliphatic carbocycles. The van der Waals surface area contributed by atoms with Crippen molar-refractivity contribution in [1.82, 2.24) is 0 Å². The molecule has 0 aromatic heterocycles. The van der Waals surface area contributed by atoms with Gasteiger partial charge in [-0.25, -0.2) is 8.42 Å². The van der Waals surface area contributed by atoms with Crippen molar-refractivity contribution < 1.29 is 8.42 Å². The van der Waals surface area contributed by atoms with Gasteiger partial charge in [-0.05, 0) is 18.2 Å². The molecule has 110 valence electrons. The molecule has 21 heavy (non-hydrogen) atoms. The second-order valence-electron chi connectivity index (χ2n) is 4.06. The number of thiocarbonyl (C=S) groups is 1. The molecule has 4 nitrogen and oxygen atoms in total. The average molecular weight is 361 g/mol. The highest BCUT2D eigenvalue weighted by molar-refractivity contribution is 7.93. The molecule has 0 aliphatic rings. The standard InChI is InChI=1S/C13H10Cl2N2O2S2/c14-9-5-3-6-10(15)12(9)17-21(18,19)11-7-2-1-4-8(11)13(16)20/h1-7,17H,(H2,16,20). The molecule has 0 saturated carbocycles. The molecular formula is C13H10Cl2N2O2S2. The summed E-state index contributed by atoms with van der Waals surface area (Å²) >= 11 is 16.8. The predicted molar refractivity (Wildman–Crippen MR) is 89.6 cm³/mol. The number of halogens is 2. The van der Waals surface area contributed by atoms with E-state index in [1.54, 1.807) is 18.2 Å². The zero-order valence-corrected chi connectivity index (χ0v) is 13.7. The topological polar surface area (TPSA) is 72.2 Å². The lowest BCUT2D eigenvalue weighted by Crippen LogP contribution is -2.20. The largest absolute Gasteiger partial charge is 0.389 e. The number of rotatable bonds is 4. The Balaban J connectivity index is 2.52. The first kappa shape index (κ1) is 16.0. The Morgan fingerprint density at radius 1 is 1.05 bits per heavy atom. The van der Waals surface area contributed by atoms with Gasteiger partial charge in [-0.1, -0.05) is 59.7 Å². The van der Waals surface area contributed by atoms with Crippen molar-refractivity contribution in [3.63, 3.8) is 0 Å². The van der Waals surface area contributed by atoms with Gasteiger partial charge in [0.25, 0.3) is 10.0 Å². The summed E-state index contributed by atoms with van der Waals surface area (Å²) < 4.78 is 27.3. The Labute approximate surface area is 137 Å². The van der Waals surface area contributed by atoms with Crippen molar-refractivity contribution in [3.8, 4) is 0 Å². The van der Waals surface area contributed by atoms with E-state index in [0.29, 0.717) is 0 Å². The van der Waals surface area contributed by atoms with E-state index in [-0.39, 0.29) is 31.2 Å². The van der Waals surface area contributed by atoms with Gasteiger partial charge in [0.05, 0.1) is 20.6 Å². The van der Waals surface area contributed by atoms with E-state index in [1.807, 2.05) is 0 Å². The number of nitrogens with two attached hydrogens (primary N) is 1. The smallest absolute Gasteiger partial charge is 0.262 e. The van der Waals surface area contributed by atoms with Crippen LogP contribution in [0, 0.1) is 0 Å². The third-order valence-corrected chi connectivity index (χ3v) is 4.90. The van der Waals surface area contributed by atoms with E-state index in [2.05, 4.69) is 4.72 Å². The van der Waals surface area contributed by atoms with Crippen LogP contribution in [0.5, 0.6) is 0 Å². The molecule has 0 amide bonds. The monoisotopic (exact) mass is 360 g/mol. The van der Waals surface area contributed by atoms with Crippen molar-refractivity contribution in [1.29, 1.82) is 0 Å². The second-order valence-corrected chi connectivity index (χ2v) is 6.97. The maximum atomic E-state index is 12.5. The van der Waals surface area contributed by atoms with Crippen LogP contribution in [0.3, 0.4) is 0 Å². The molecule has 2 rings (SSSR count). The lowest BCUT2D eigenvalue weighted by atomic mass is 10.2. The zero-order valence-electron chi connectivity index (χ0n) is 10.5. The van der Waals surface area contributed by atoms with Gasteiger partial charge >= 0.3 is 0 Å². The Morgan fingerprint density at radius 2 is 1.62 bits per heavy atom. The van der Waals surface area contributed by atoms with Gasteiger partial charge in [-0.3, -0.25) is 4.72 Å². The Bertz CT molecular complexity index is 787. The molecule has 0 atom stereocenters. The van der Waals surface area contributed by atoms with E-state index >= 15 is 0 Å². The van der Waals surface area contributed by atoms with Crippen molar-refractivity contribution in [2.75, 3.05) is 4.72 Å². The van der Waals surface area contributed by atoms with Crippen LogP contribution in [-0.4, -0.2) is 13.4 Å². The number of hydrogen-bond acceptors (Lipinski definition) is 3. The number of sulfonamides is 1. The van der Waals surface area contributed by atoms with Crippen molar-refractivity contribution >= 4 is 56.1 Å². The molecule has 8 heteroatoms. The number of para-hydroxylation sites is 1. The van der Waals surface area contributed by atoms with E-state index in [0.717, 1.165) is 0 Å². The Morgan fingerprint density at radius 3 is 2.19 bits per heavy atom. The lowest BCUT2D eigenvalue weighted by Gasteiger charge is -2.13. The van der Waals surface area contributed by atoms with Gasteiger partial charge in [0.2, 0.25) is 0 Å². The Hall–Kier alpha value is -1.34. The maximum Gasteiger partial charge on any atom is 0.262 e. The van der Waals surface area contributed by atoms with Crippen LogP contribution in [0.1, 0.15) is 5.56 Å². The number of hydrogen-bond donors (Lipinski definition) is 2. The summed E-state index contributed by atoms with van der Waals surface area (Å²) in [6.45, 7) is 0. The molecule has 0 saturated heterocycles. The summed E-state index contributed by atoms with van der Waals surface area (Å²) in [5.41, 5.74) is 5.91. The van der Waals surface area contributed by atoms with E-state index in [1.165, 1.54) is 24.3 Å². The highest BCUT2D eigenvalue weighted by atomic mass is 35.5. The predicted octanol–water partition coefficient (Wildman–Crippen LogP) is 3.43. The van der Waals surface area contributed by atoms with E-state index < -0.39 is 10.0 Å². The summed E-state index contributed by atoms with van der Waals surface area (Å²) in [5, 5.41) is 0.387. The second kappa shape index (κ2) is 6.19. The molecule has 2 aromatic carbocycles. The first-order valence-electron chi connectivity index (χ1n) is 5.68. The molecule has 0 fully saturated rings. The number of anilines is 1. The third kappa shape index (κ3) is 3.47. The van der Waals surface area contributed by atoms with Crippen molar-refractivity contribution in [2.45, 2.75) is 4.90 Å². The van der Waals surface area contributed by atoms with Crippen molar-refractivity contribution in [3.05, 3.63) is 58.1 Å². The fraction of sp³-hybridized carbons (Fsp3) is 0. The molecule has 0 unspecified atom stereocenters.